The van der Waals surface area contributed by atoms with Crippen molar-refractivity contribution in [1.29, 1.82) is 0 Å². The van der Waals surface area contributed by atoms with Gasteiger partial charge in [-0.05, 0) is 49.3 Å². The van der Waals surface area contributed by atoms with E-state index in [2.05, 4.69) is 47.3 Å². The molecule has 0 spiro atoms. The number of carbonyl (C=O) groups is 2. The summed E-state index contributed by atoms with van der Waals surface area (Å²) in [6.07, 6.45) is 3.58. The molecule has 2 fully saturated rings. The van der Waals surface area contributed by atoms with Crippen LogP contribution in [0, 0.1) is 25.7 Å². The molecule has 6 heteroatoms. The Balaban J connectivity index is 1.38. The van der Waals surface area contributed by atoms with E-state index >= 15 is 0 Å². The number of benzene rings is 1. The highest BCUT2D eigenvalue weighted by Gasteiger charge is 2.29. The van der Waals surface area contributed by atoms with Crippen molar-refractivity contribution >= 4 is 17.5 Å². The van der Waals surface area contributed by atoms with Gasteiger partial charge in [-0.2, -0.15) is 0 Å². The highest BCUT2D eigenvalue weighted by atomic mass is 16.2. The number of amides is 2. The Morgan fingerprint density at radius 2 is 1.60 bits per heavy atom. The van der Waals surface area contributed by atoms with Gasteiger partial charge in [0.05, 0.1) is 13.1 Å². The van der Waals surface area contributed by atoms with Gasteiger partial charge in [0.2, 0.25) is 11.8 Å². The van der Waals surface area contributed by atoms with Gasteiger partial charge in [0.15, 0.2) is 0 Å². The molecule has 0 radical (unpaired) electrons. The molecule has 2 amide bonds. The fraction of sp³-hybridized carbons (Fsp3) is 0.667. The van der Waals surface area contributed by atoms with Gasteiger partial charge in [-0.3, -0.25) is 19.4 Å². The summed E-state index contributed by atoms with van der Waals surface area (Å²) >= 11 is 0. The lowest BCUT2D eigenvalue weighted by Crippen LogP contribution is -2.52. The van der Waals surface area contributed by atoms with Crippen molar-refractivity contribution in [2.75, 3.05) is 44.6 Å². The van der Waals surface area contributed by atoms with Crippen LogP contribution in [0.25, 0.3) is 0 Å². The Bertz CT molecular complexity index is 743. The third kappa shape index (κ3) is 6.05. The van der Waals surface area contributed by atoms with Crippen molar-refractivity contribution in [3.63, 3.8) is 0 Å². The lowest BCUT2D eigenvalue weighted by molar-refractivity contribution is -0.124. The molecule has 1 aromatic carbocycles. The van der Waals surface area contributed by atoms with Crippen molar-refractivity contribution in [2.24, 2.45) is 11.8 Å². The molecule has 1 aromatic rings. The maximum atomic E-state index is 12.5. The van der Waals surface area contributed by atoms with Gasteiger partial charge in [0.25, 0.3) is 0 Å². The zero-order chi connectivity index (χ0) is 21.7. The van der Waals surface area contributed by atoms with Crippen LogP contribution in [-0.2, 0) is 9.59 Å². The van der Waals surface area contributed by atoms with E-state index in [1.807, 2.05) is 19.1 Å². The average Bonchev–Trinajstić information content (AvgIpc) is 2.70. The van der Waals surface area contributed by atoms with Gasteiger partial charge in [-0.25, -0.2) is 0 Å². The van der Waals surface area contributed by atoms with Gasteiger partial charge in [-0.15, -0.1) is 0 Å². The summed E-state index contributed by atoms with van der Waals surface area (Å²) in [6, 6.07) is 6.29. The molecule has 3 unspecified atom stereocenters. The first kappa shape index (κ1) is 22.8. The number of carbonyl (C=O) groups excluding carboxylic acids is 2. The van der Waals surface area contributed by atoms with E-state index in [0.29, 0.717) is 31.0 Å². The van der Waals surface area contributed by atoms with Crippen molar-refractivity contribution < 1.29 is 9.59 Å². The van der Waals surface area contributed by atoms with Gasteiger partial charge in [0, 0.05) is 37.9 Å². The molecule has 3 rings (SSSR count). The summed E-state index contributed by atoms with van der Waals surface area (Å²) in [7, 11) is 0. The fourth-order valence-electron chi connectivity index (χ4n) is 4.63. The normalized spacial score (nSPS) is 25.7. The number of rotatable bonds is 6. The molecule has 0 aromatic heterocycles. The zero-order valence-electron chi connectivity index (χ0n) is 19.0. The second-order valence-electron chi connectivity index (χ2n) is 9.29. The van der Waals surface area contributed by atoms with Crippen LogP contribution >= 0.6 is 0 Å². The molecule has 166 valence electrons. The standard InChI is InChI=1S/C24H38N4O2/c1-17-7-5-9-21(19(17)3)25-23(29)15-27-11-13-28(14-12-27)16-24(30)26-22-10-6-8-18(2)20(22)4/h5,7,9,18,20,22H,6,8,10-16H2,1-4H3,(H,25,29)(H,26,30). The molecule has 30 heavy (non-hydrogen) atoms. The number of hydrogen-bond donors (Lipinski definition) is 2. The third-order valence-electron chi connectivity index (χ3n) is 7.13. The monoisotopic (exact) mass is 414 g/mol. The van der Waals surface area contributed by atoms with E-state index in [1.165, 1.54) is 18.4 Å². The highest BCUT2D eigenvalue weighted by molar-refractivity contribution is 5.93. The second-order valence-corrected chi connectivity index (χ2v) is 9.29. The predicted molar refractivity (Wildman–Crippen MR) is 122 cm³/mol. The average molecular weight is 415 g/mol. The minimum absolute atomic E-state index is 0.0234. The van der Waals surface area contributed by atoms with Crippen LogP contribution in [0.1, 0.15) is 44.2 Å². The van der Waals surface area contributed by atoms with Crippen LogP contribution in [-0.4, -0.2) is 66.9 Å². The molecule has 1 aliphatic heterocycles. The van der Waals surface area contributed by atoms with Crippen molar-refractivity contribution in [2.45, 2.75) is 53.0 Å². The predicted octanol–water partition coefficient (Wildman–Crippen LogP) is 2.80. The van der Waals surface area contributed by atoms with Crippen molar-refractivity contribution in [1.82, 2.24) is 15.1 Å². The van der Waals surface area contributed by atoms with Crippen molar-refractivity contribution in [3.8, 4) is 0 Å². The second kappa shape index (κ2) is 10.4. The number of nitrogens with one attached hydrogen (secondary N) is 2. The topological polar surface area (TPSA) is 64.7 Å². The van der Waals surface area contributed by atoms with Gasteiger partial charge in [0.1, 0.15) is 0 Å². The molecule has 2 aliphatic rings. The zero-order valence-corrected chi connectivity index (χ0v) is 19.0. The Labute approximate surface area is 181 Å². The Morgan fingerprint density at radius 1 is 0.967 bits per heavy atom. The SMILES string of the molecule is Cc1cccc(NC(=O)CN2CCN(CC(=O)NC3CCCC(C)C3C)CC2)c1C. The lowest BCUT2D eigenvalue weighted by atomic mass is 9.78. The number of hydrogen-bond acceptors (Lipinski definition) is 4. The van der Waals surface area contributed by atoms with Crippen LogP contribution in [0.2, 0.25) is 0 Å². The highest BCUT2D eigenvalue weighted by Crippen LogP contribution is 2.29. The van der Waals surface area contributed by atoms with Crippen LogP contribution in [0.4, 0.5) is 5.69 Å². The van der Waals surface area contributed by atoms with E-state index in [9.17, 15) is 9.59 Å². The molecule has 1 aliphatic carbocycles. The first-order valence-electron chi connectivity index (χ1n) is 11.4. The number of nitrogens with zero attached hydrogens (tertiary/aromatic N) is 2. The molecule has 6 nitrogen and oxygen atoms in total. The number of piperazine rings is 1. The van der Waals surface area contributed by atoms with E-state index in [4.69, 9.17) is 0 Å². The summed E-state index contributed by atoms with van der Waals surface area (Å²) < 4.78 is 0. The molecular weight excluding hydrogens is 376 g/mol. The maximum Gasteiger partial charge on any atom is 0.238 e. The number of aryl methyl sites for hydroxylation is 1. The Hall–Kier alpha value is -1.92. The van der Waals surface area contributed by atoms with Gasteiger partial charge >= 0.3 is 0 Å². The van der Waals surface area contributed by atoms with Gasteiger partial charge < -0.3 is 10.6 Å². The molecular formula is C24H38N4O2. The van der Waals surface area contributed by atoms with Gasteiger partial charge in [-0.1, -0.05) is 38.8 Å². The van der Waals surface area contributed by atoms with Crippen LogP contribution in [0.15, 0.2) is 18.2 Å². The Kier molecular flexibility index (Phi) is 7.89. The summed E-state index contributed by atoms with van der Waals surface area (Å²) in [4.78, 5) is 29.3. The quantitative estimate of drug-likeness (QED) is 0.751. The Morgan fingerprint density at radius 3 is 2.27 bits per heavy atom. The van der Waals surface area contributed by atoms with E-state index in [0.717, 1.165) is 43.9 Å². The molecule has 0 bridgehead atoms. The maximum absolute atomic E-state index is 12.5. The molecule has 1 heterocycles. The summed E-state index contributed by atoms with van der Waals surface area (Å²) in [5.41, 5.74) is 3.18. The van der Waals surface area contributed by atoms with E-state index in [1.54, 1.807) is 0 Å². The van der Waals surface area contributed by atoms with E-state index in [-0.39, 0.29) is 11.8 Å². The molecule has 3 atom stereocenters. The minimum atomic E-state index is 0.0234. The van der Waals surface area contributed by atoms with E-state index < -0.39 is 0 Å². The smallest absolute Gasteiger partial charge is 0.238 e. The first-order chi connectivity index (χ1) is 14.3. The summed E-state index contributed by atoms with van der Waals surface area (Å²) in [5.74, 6) is 1.40. The van der Waals surface area contributed by atoms with Crippen LogP contribution in [0.5, 0.6) is 0 Å². The van der Waals surface area contributed by atoms with Crippen molar-refractivity contribution in [3.05, 3.63) is 29.3 Å². The minimum Gasteiger partial charge on any atom is -0.352 e. The van der Waals surface area contributed by atoms with Crippen LogP contribution < -0.4 is 10.6 Å². The summed E-state index contributed by atoms with van der Waals surface area (Å²) in [6.45, 7) is 12.7. The largest absolute Gasteiger partial charge is 0.352 e. The molecule has 1 saturated heterocycles. The summed E-state index contributed by atoms with van der Waals surface area (Å²) in [5, 5.41) is 6.31. The fourth-order valence-corrected chi connectivity index (χ4v) is 4.63. The van der Waals surface area contributed by atoms with Crippen LogP contribution in [0.3, 0.4) is 0 Å². The first-order valence-corrected chi connectivity index (χ1v) is 11.4. The lowest BCUT2D eigenvalue weighted by Gasteiger charge is -2.36. The molecule has 1 saturated carbocycles. The molecule has 2 N–H and O–H groups in total. The third-order valence-corrected chi connectivity index (χ3v) is 7.13. The number of anilines is 1.